The van der Waals surface area contributed by atoms with Gasteiger partial charge in [0.25, 0.3) is 10.1 Å². The summed E-state index contributed by atoms with van der Waals surface area (Å²) in [4.78, 5) is 10.9. The highest BCUT2D eigenvalue weighted by Crippen LogP contribution is 2.10. The predicted molar refractivity (Wildman–Crippen MR) is 98.7 cm³/mol. The van der Waals surface area contributed by atoms with Gasteiger partial charge in [-0.2, -0.15) is 8.42 Å². The molecule has 0 aliphatic carbocycles. The van der Waals surface area contributed by atoms with Gasteiger partial charge in [0.2, 0.25) is 5.91 Å². The Labute approximate surface area is 148 Å². The Balaban J connectivity index is 0.000000550. The van der Waals surface area contributed by atoms with Crippen LogP contribution in [-0.2, 0) is 27.9 Å². The summed E-state index contributed by atoms with van der Waals surface area (Å²) in [6.45, 7) is 2.42. The second-order valence-corrected chi connectivity index (χ2v) is 7.18. The quantitative estimate of drug-likeness (QED) is 0.677. The van der Waals surface area contributed by atoms with Crippen LogP contribution >= 0.6 is 0 Å². The van der Waals surface area contributed by atoms with Crippen molar-refractivity contribution in [2.24, 2.45) is 5.73 Å². The molecule has 136 valence electrons. The third-order valence-electron chi connectivity index (χ3n) is 3.31. The number of nitrogens with one attached hydrogen (secondary N) is 1. The fourth-order valence-corrected chi connectivity index (χ4v) is 1.98. The lowest BCUT2D eigenvalue weighted by molar-refractivity contribution is -0.119. The van der Waals surface area contributed by atoms with E-state index in [1.165, 1.54) is 11.1 Å². The molecule has 1 amide bonds. The number of nitrogens with two attached hydrogens (primary N) is 1. The van der Waals surface area contributed by atoms with Crippen molar-refractivity contribution < 1.29 is 17.8 Å². The number of benzene rings is 2. The number of primary amides is 1. The van der Waals surface area contributed by atoms with E-state index in [0.29, 0.717) is 12.8 Å². The number of hydrogen-bond acceptors (Lipinski definition) is 4. The van der Waals surface area contributed by atoms with Gasteiger partial charge in [-0.25, -0.2) is 0 Å². The maximum Gasteiger partial charge on any atom is 0.261 e. The van der Waals surface area contributed by atoms with Crippen molar-refractivity contribution in [2.45, 2.75) is 25.9 Å². The Morgan fingerprint density at radius 3 is 1.96 bits per heavy atom. The molecule has 0 heterocycles. The minimum Gasteiger partial charge on any atom is -0.368 e. The highest BCUT2D eigenvalue weighted by molar-refractivity contribution is 7.85. The van der Waals surface area contributed by atoms with Crippen molar-refractivity contribution >= 4 is 16.0 Å². The third-order valence-corrected chi connectivity index (χ3v) is 3.31. The average Bonchev–Trinajstić information content (AvgIpc) is 2.53. The molecule has 0 aromatic heterocycles. The van der Waals surface area contributed by atoms with Gasteiger partial charge in [0, 0.05) is 6.54 Å². The van der Waals surface area contributed by atoms with E-state index in [0.717, 1.165) is 12.0 Å². The molecule has 0 aliphatic rings. The van der Waals surface area contributed by atoms with Crippen LogP contribution in [0.2, 0.25) is 0 Å². The minimum atomic E-state index is -3.67. The first-order valence-corrected chi connectivity index (χ1v) is 9.57. The van der Waals surface area contributed by atoms with Gasteiger partial charge >= 0.3 is 0 Å². The molecule has 1 atom stereocenters. The summed E-state index contributed by atoms with van der Waals surface area (Å²) in [7, 11) is -3.67. The SMILES string of the molecule is CC(NCc1ccc(Cc2ccccc2)cc1)C(N)=O.CS(=O)(=O)O. The summed E-state index contributed by atoms with van der Waals surface area (Å²) >= 11 is 0. The van der Waals surface area contributed by atoms with Crippen LogP contribution in [0.1, 0.15) is 23.6 Å². The lowest BCUT2D eigenvalue weighted by atomic mass is 10.0. The molecule has 0 bridgehead atoms. The van der Waals surface area contributed by atoms with E-state index in [1.807, 2.05) is 6.07 Å². The molecule has 0 fully saturated rings. The Hall–Kier alpha value is -2.22. The summed E-state index contributed by atoms with van der Waals surface area (Å²) in [6.07, 6.45) is 1.65. The van der Waals surface area contributed by atoms with Gasteiger partial charge in [-0.05, 0) is 30.0 Å². The highest BCUT2D eigenvalue weighted by atomic mass is 32.2. The van der Waals surface area contributed by atoms with E-state index in [4.69, 9.17) is 10.3 Å². The van der Waals surface area contributed by atoms with Crippen molar-refractivity contribution in [1.29, 1.82) is 0 Å². The van der Waals surface area contributed by atoms with Gasteiger partial charge in [0.1, 0.15) is 0 Å². The molecule has 25 heavy (non-hydrogen) atoms. The third kappa shape index (κ3) is 10.3. The first kappa shape index (κ1) is 20.8. The van der Waals surface area contributed by atoms with E-state index >= 15 is 0 Å². The van der Waals surface area contributed by atoms with Crippen LogP contribution in [0.25, 0.3) is 0 Å². The van der Waals surface area contributed by atoms with Crippen LogP contribution in [-0.4, -0.2) is 31.2 Å². The topological polar surface area (TPSA) is 109 Å². The molecule has 0 saturated heterocycles. The molecule has 0 radical (unpaired) electrons. The van der Waals surface area contributed by atoms with Crippen molar-refractivity contribution in [1.82, 2.24) is 5.32 Å². The van der Waals surface area contributed by atoms with Crippen LogP contribution in [0.4, 0.5) is 0 Å². The fraction of sp³-hybridized carbons (Fsp3) is 0.278. The monoisotopic (exact) mass is 364 g/mol. The standard InChI is InChI=1S/C17H20N2O.CH4O3S/c1-13(17(18)20)19-12-16-9-7-15(8-10-16)11-14-5-3-2-4-6-14;1-5(2,3)4/h2-10,13,19H,11-12H2,1H3,(H2,18,20);1H3,(H,2,3,4). The summed E-state index contributed by atoms with van der Waals surface area (Å²) < 4.78 is 25.9. The van der Waals surface area contributed by atoms with E-state index in [1.54, 1.807) is 6.92 Å². The molecule has 0 spiro atoms. The Morgan fingerprint density at radius 2 is 1.48 bits per heavy atom. The van der Waals surface area contributed by atoms with Crippen LogP contribution in [0, 0.1) is 0 Å². The summed E-state index contributed by atoms with van der Waals surface area (Å²) in [5.74, 6) is -0.328. The smallest absolute Gasteiger partial charge is 0.261 e. The molecule has 2 rings (SSSR count). The maximum absolute atomic E-state index is 10.9. The van der Waals surface area contributed by atoms with Gasteiger partial charge in [0.05, 0.1) is 12.3 Å². The van der Waals surface area contributed by atoms with Crippen LogP contribution in [0.15, 0.2) is 54.6 Å². The van der Waals surface area contributed by atoms with Gasteiger partial charge in [-0.1, -0.05) is 54.6 Å². The van der Waals surface area contributed by atoms with Gasteiger partial charge < -0.3 is 11.1 Å². The molecular formula is C18H24N2O4S. The Bertz CT molecular complexity index is 751. The molecule has 0 aliphatic heterocycles. The van der Waals surface area contributed by atoms with Crippen molar-refractivity contribution in [3.63, 3.8) is 0 Å². The zero-order valence-electron chi connectivity index (χ0n) is 14.3. The number of amides is 1. The van der Waals surface area contributed by atoms with Crippen molar-refractivity contribution in [3.05, 3.63) is 71.3 Å². The Morgan fingerprint density at radius 1 is 1.04 bits per heavy atom. The number of carbonyl (C=O) groups excluding carboxylic acids is 1. The maximum atomic E-state index is 10.9. The molecule has 2 aromatic rings. The Kier molecular flexibility index (Phi) is 8.27. The first-order chi connectivity index (χ1) is 11.6. The summed E-state index contributed by atoms with van der Waals surface area (Å²) in [5, 5.41) is 3.09. The largest absolute Gasteiger partial charge is 0.368 e. The lowest BCUT2D eigenvalue weighted by Crippen LogP contribution is -2.38. The average molecular weight is 364 g/mol. The number of rotatable bonds is 6. The number of carbonyl (C=O) groups is 1. The zero-order valence-corrected chi connectivity index (χ0v) is 15.2. The van der Waals surface area contributed by atoms with Crippen LogP contribution < -0.4 is 11.1 Å². The van der Waals surface area contributed by atoms with Crippen molar-refractivity contribution in [3.8, 4) is 0 Å². The van der Waals surface area contributed by atoms with E-state index in [9.17, 15) is 13.2 Å². The van der Waals surface area contributed by atoms with Crippen LogP contribution in [0.3, 0.4) is 0 Å². The normalized spacial score (nSPS) is 12.0. The minimum absolute atomic E-state index is 0.306. The molecule has 7 heteroatoms. The highest BCUT2D eigenvalue weighted by Gasteiger charge is 2.06. The summed E-state index contributed by atoms with van der Waals surface area (Å²) in [6, 6.07) is 18.5. The van der Waals surface area contributed by atoms with Gasteiger partial charge in [0.15, 0.2) is 0 Å². The number of hydrogen-bond donors (Lipinski definition) is 3. The molecular weight excluding hydrogens is 340 g/mol. The fourth-order valence-electron chi connectivity index (χ4n) is 1.98. The molecule has 6 nitrogen and oxygen atoms in total. The molecule has 1 unspecified atom stereocenters. The van der Waals surface area contributed by atoms with Gasteiger partial charge in [-0.15, -0.1) is 0 Å². The zero-order chi connectivity index (χ0) is 18.9. The van der Waals surface area contributed by atoms with Gasteiger partial charge in [-0.3, -0.25) is 9.35 Å². The molecule has 4 N–H and O–H groups in total. The second kappa shape index (κ2) is 9.93. The van der Waals surface area contributed by atoms with E-state index < -0.39 is 10.1 Å². The van der Waals surface area contributed by atoms with Crippen LogP contribution in [0.5, 0.6) is 0 Å². The van der Waals surface area contributed by atoms with Crippen molar-refractivity contribution in [2.75, 3.05) is 6.26 Å². The first-order valence-electron chi connectivity index (χ1n) is 7.72. The predicted octanol–water partition coefficient (Wildman–Crippen LogP) is 1.74. The molecule has 2 aromatic carbocycles. The summed E-state index contributed by atoms with van der Waals surface area (Å²) in [5.41, 5.74) is 8.94. The van der Waals surface area contributed by atoms with E-state index in [2.05, 4.69) is 53.8 Å². The van der Waals surface area contributed by atoms with E-state index in [-0.39, 0.29) is 11.9 Å². The molecule has 0 saturated carbocycles. The second-order valence-electron chi connectivity index (χ2n) is 5.72. The lowest BCUT2D eigenvalue weighted by Gasteiger charge is -2.10.